The van der Waals surface area contributed by atoms with Crippen LogP contribution in [0.15, 0.2) is 90.8 Å². The van der Waals surface area contributed by atoms with Gasteiger partial charge in [-0.05, 0) is 45.2 Å². The lowest BCUT2D eigenvalue weighted by atomic mass is 9.74. The third-order valence-electron chi connectivity index (χ3n) is 8.21. The average Bonchev–Trinajstić information content (AvgIpc) is 3.41. The summed E-state index contributed by atoms with van der Waals surface area (Å²) in [6, 6.07) is 26.9. The monoisotopic (exact) mass is 509 g/mol. The van der Waals surface area contributed by atoms with E-state index in [9.17, 15) is 10.1 Å². The molecule has 196 valence electrons. The van der Waals surface area contributed by atoms with E-state index < -0.39 is 5.41 Å². The topological polar surface area (TPSA) is 52.6 Å². The fourth-order valence-corrected chi connectivity index (χ4v) is 6.32. The second kappa shape index (κ2) is 10.4. The first-order valence-electron chi connectivity index (χ1n) is 13.7. The molecule has 2 heterocycles. The molecular formula is C32H37N4O2+. The molecule has 3 aromatic carbocycles. The number of nitro benzene ring substituents is 1. The van der Waals surface area contributed by atoms with E-state index in [4.69, 9.17) is 0 Å². The Morgan fingerprint density at radius 1 is 1.00 bits per heavy atom. The van der Waals surface area contributed by atoms with Crippen molar-refractivity contribution in [1.82, 2.24) is 9.80 Å². The fourth-order valence-electron chi connectivity index (χ4n) is 6.32. The summed E-state index contributed by atoms with van der Waals surface area (Å²) in [6.07, 6.45) is 3.13. The van der Waals surface area contributed by atoms with Crippen molar-refractivity contribution in [2.45, 2.75) is 45.6 Å². The van der Waals surface area contributed by atoms with Crippen LogP contribution in [0.25, 0.3) is 0 Å². The van der Waals surface area contributed by atoms with Gasteiger partial charge in [-0.2, -0.15) is 4.58 Å². The zero-order valence-corrected chi connectivity index (χ0v) is 22.8. The summed E-state index contributed by atoms with van der Waals surface area (Å²) in [6.45, 7) is 12.4. The van der Waals surface area contributed by atoms with Crippen LogP contribution in [-0.2, 0) is 11.8 Å². The van der Waals surface area contributed by atoms with E-state index in [1.54, 1.807) is 12.1 Å². The van der Waals surface area contributed by atoms with Crippen LogP contribution in [0.3, 0.4) is 0 Å². The van der Waals surface area contributed by atoms with Gasteiger partial charge in [0.15, 0.2) is 5.71 Å². The molecular weight excluding hydrogens is 472 g/mol. The Bertz CT molecular complexity index is 1380. The Kier molecular flexibility index (Phi) is 7.06. The van der Waals surface area contributed by atoms with Crippen molar-refractivity contribution in [2.24, 2.45) is 0 Å². The van der Waals surface area contributed by atoms with E-state index in [1.165, 1.54) is 22.7 Å². The lowest BCUT2D eigenvalue weighted by Gasteiger charge is -2.28. The number of likely N-dealkylation sites (N-methyl/N-ethyl adjacent to an activating group) is 2. The van der Waals surface area contributed by atoms with Crippen LogP contribution < -0.4 is 0 Å². The van der Waals surface area contributed by atoms with Gasteiger partial charge >= 0.3 is 0 Å². The third-order valence-corrected chi connectivity index (χ3v) is 8.21. The number of hydrogen-bond donors (Lipinski definition) is 0. The molecule has 0 radical (unpaired) electrons. The molecule has 5 rings (SSSR count). The van der Waals surface area contributed by atoms with E-state index >= 15 is 0 Å². The lowest BCUT2D eigenvalue weighted by Crippen LogP contribution is -2.36. The number of hydrogen-bond acceptors (Lipinski definition) is 4. The van der Waals surface area contributed by atoms with E-state index in [2.05, 4.69) is 103 Å². The number of non-ortho nitro benzene ring substituents is 1. The van der Waals surface area contributed by atoms with Gasteiger partial charge in [-0.15, -0.1) is 0 Å². The molecule has 1 fully saturated rings. The van der Waals surface area contributed by atoms with Crippen molar-refractivity contribution in [3.05, 3.63) is 118 Å². The van der Waals surface area contributed by atoms with Gasteiger partial charge in [0.05, 0.1) is 16.4 Å². The Morgan fingerprint density at radius 2 is 1.68 bits per heavy atom. The zero-order chi connectivity index (χ0) is 26.9. The smallest absolute Gasteiger partial charge is 0.270 e. The minimum Gasteiger partial charge on any atom is -0.356 e. The molecule has 6 heteroatoms. The summed E-state index contributed by atoms with van der Waals surface area (Å²) in [5.41, 5.74) is 5.54. The van der Waals surface area contributed by atoms with Gasteiger partial charge < -0.3 is 9.80 Å². The maximum Gasteiger partial charge on any atom is 0.270 e. The molecule has 0 aromatic heterocycles. The van der Waals surface area contributed by atoms with Crippen LogP contribution in [0.1, 0.15) is 50.4 Å². The van der Waals surface area contributed by atoms with E-state index in [0.717, 1.165) is 43.9 Å². The minimum atomic E-state index is -0.421. The molecule has 2 aliphatic rings. The van der Waals surface area contributed by atoms with Crippen LogP contribution >= 0.6 is 0 Å². The SMILES string of the molecule is CCN1CC(c2ccccc2)N(CC)/C1=C\C1=[N+](CC)c2ccc([N+](=O)[O-])cc2C1(C)Cc1ccccc1. The van der Waals surface area contributed by atoms with Gasteiger partial charge in [0.25, 0.3) is 5.69 Å². The number of benzene rings is 3. The van der Waals surface area contributed by atoms with Crippen molar-refractivity contribution in [3.8, 4) is 0 Å². The number of rotatable bonds is 8. The molecule has 0 saturated carbocycles. The quantitative estimate of drug-likeness (QED) is 0.199. The van der Waals surface area contributed by atoms with Gasteiger partial charge in [-0.25, -0.2) is 0 Å². The van der Waals surface area contributed by atoms with Crippen LogP contribution in [-0.4, -0.2) is 51.2 Å². The number of nitro groups is 1. The molecule has 6 nitrogen and oxygen atoms in total. The Balaban J connectivity index is 1.68. The molecule has 0 amide bonds. The lowest BCUT2D eigenvalue weighted by molar-refractivity contribution is -0.433. The molecule has 0 spiro atoms. The maximum absolute atomic E-state index is 11.8. The minimum absolute atomic E-state index is 0.142. The predicted octanol–water partition coefficient (Wildman–Crippen LogP) is 6.45. The molecule has 2 atom stereocenters. The normalized spacial score (nSPS) is 21.9. The number of nitrogens with zero attached hydrogens (tertiary/aromatic N) is 4. The Morgan fingerprint density at radius 3 is 2.29 bits per heavy atom. The molecule has 0 aliphatic carbocycles. The Hall–Kier alpha value is -3.93. The second-order valence-corrected chi connectivity index (χ2v) is 10.3. The van der Waals surface area contributed by atoms with Crippen LogP contribution in [0.2, 0.25) is 0 Å². The first-order valence-corrected chi connectivity index (χ1v) is 13.7. The summed E-state index contributed by atoms with van der Waals surface area (Å²) < 4.78 is 2.35. The van der Waals surface area contributed by atoms with Gasteiger partial charge in [0.1, 0.15) is 12.4 Å². The highest BCUT2D eigenvalue weighted by Gasteiger charge is 2.49. The summed E-state index contributed by atoms with van der Waals surface area (Å²) in [4.78, 5) is 16.5. The highest BCUT2D eigenvalue weighted by Crippen LogP contribution is 2.45. The molecule has 38 heavy (non-hydrogen) atoms. The molecule has 0 bridgehead atoms. The highest BCUT2D eigenvalue weighted by molar-refractivity contribution is 6.04. The van der Waals surface area contributed by atoms with Gasteiger partial charge in [0.2, 0.25) is 5.69 Å². The van der Waals surface area contributed by atoms with E-state index in [-0.39, 0.29) is 16.7 Å². The van der Waals surface area contributed by atoms with E-state index in [1.807, 2.05) is 12.1 Å². The zero-order valence-electron chi connectivity index (χ0n) is 22.8. The highest BCUT2D eigenvalue weighted by atomic mass is 16.6. The first-order chi connectivity index (χ1) is 18.4. The molecule has 2 aliphatic heterocycles. The molecule has 1 saturated heterocycles. The molecule has 0 N–H and O–H groups in total. The van der Waals surface area contributed by atoms with E-state index in [0.29, 0.717) is 0 Å². The van der Waals surface area contributed by atoms with Crippen molar-refractivity contribution < 1.29 is 9.50 Å². The van der Waals surface area contributed by atoms with Gasteiger partial charge in [-0.3, -0.25) is 10.1 Å². The van der Waals surface area contributed by atoms with Crippen molar-refractivity contribution in [2.75, 3.05) is 26.2 Å². The Labute approximate surface area is 225 Å². The van der Waals surface area contributed by atoms with Crippen LogP contribution in [0.4, 0.5) is 11.4 Å². The third kappa shape index (κ3) is 4.38. The van der Waals surface area contributed by atoms with Crippen LogP contribution in [0.5, 0.6) is 0 Å². The van der Waals surface area contributed by atoms with Crippen molar-refractivity contribution >= 4 is 17.1 Å². The van der Waals surface area contributed by atoms with Crippen LogP contribution in [0, 0.1) is 10.1 Å². The van der Waals surface area contributed by atoms with Gasteiger partial charge in [0, 0.05) is 49.5 Å². The largest absolute Gasteiger partial charge is 0.356 e. The fraction of sp³-hybridized carbons (Fsp3) is 0.344. The first kappa shape index (κ1) is 25.7. The number of fused-ring (bicyclic) bond motifs is 1. The van der Waals surface area contributed by atoms with Gasteiger partial charge in [-0.1, -0.05) is 60.7 Å². The van der Waals surface area contributed by atoms with Crippen molar-refractivity contribution in [1.29, 1.82) is 0 Å². The summed E-state index contributed by atoms with van der Waals surface area (Å²) >= 11 is 0. The second-order valence-electron chi connectivity index (χ2n) is 10.3. The predicted molar refractivity (Wildman–Crippen MR) is 153 cm³/mol. The summed E-state index contributed by atoms with van der Waals surface area (Å²) in [7, 11) is 0. The molecule has 3 aromatic rings. The summed E-state index contributed by atoms with van der Waals surface area (Å²) in [5, 5.41) is 11.8. The summed E-state index contributed by atoms with van der Waals surface area (Å²) in [5.74, 6) is 1.22. The number of allylic oxidation sites excluding steroid dienone is 1. The average molecular weight is 510 g/mol. The van der Waals surface area contributed by atoms with Crippen molar-refractivity contribution in [3.63, 3.8) is 0 Å². The standard InChI is InChI=1S/C32H37N4O2/c1-5-33-23-29(25-16-12-9-13-17-25)35(7-3)31(33)21-30-32(4,22-24-14-10-8-11-15-24)27-20-26(36(37)38)18-19-28(27)34(30)6-2/h8-21,29H,5-7,22-23H2,1-4H3/q+1. The molecule has 2 unspecified atom stereocenters. The maximum atomic E-state index is 11.8.